The molecule has 1 unspecified atom stereocenters. The van der Waals surface area contributed by atoms with Gasteiger partial charge in [0.1, 0.15) is 17.9 Å². The molecule has 36 heavy (non-hydrogen) atoms. The summed E-state index contributed by atoms with van der Waals surface area (Å²) in [5.41, 5.74) is 3.00. The third-order valence-corrected chi connectivity index (χ3v) is 6.83. The van der Waals surface area contributed by atoms with E-state index < -0.39 is 6.04 Å². The number of hydrogen-bond donors (Lipinski definition) is 0. The molecule has 6 rings (SSSR count). The third kappa shape index (κ3) is 3.89. The first kappa shape index (κ1) is 22.3. The van der Waals surface area contributed by atoms with Gasteiger partial charge < -0.3 is 9.15 Å². The zero-order valence-electron chi connectivity index (χ0n) is 19.1. The molecule has 1 amide bonds. The molecular formula is C30H20BrNO4. The number of nitrogens with zero attached hydrogens (tertiary/aromatic N) is 1. The highest BCUT2D eigenvalue weighted by atomic mass is 79.9. The minimum Gasteiger partial charge on any atom is -0.489 e. The van der Waals surface area contributed by atoms with Gasteiger partial charge >= 0.3 is 0 Å². The van der Waals surface area contributed by atoms with Crippen molar-refractivity contribution in [1.29, 1.82) is 0 Å². The average molecular weight is 538 g/mol. The molecule has 0 bridgehead atoms. The standard InChI is InChI=1S/C30H20BrNO4/c31-21-13-15-22(16-14-21)32-27(20-9-6-10-23(17-20)35-18-19-7-2-1-3-8-19)26-28(33)24-11-4-5-12-25(24)36-29(26)30(32)34/h1-17,27H,18H2. The first-order chi connectivity index (χ1) is 17.6. The van der Waals surface area contributed by atoms with E-state index in [1.165, 1.54) is 0 Å². The molecule has 5 aromatic rings. The Hall–Kier alpha value is -4.16. The molecule has 0 spiro atoms. The van der Waals surface area contributed by atoms with Gasteiger partial charge in [-0.2, -0.15) is 0 Å². The van der Waals surface area contributed by atoms with E-state index in [1.54, 1.807) is 29.2 Å². The van der Waals surface area contributed by atoms with Gasteiger partial charge in [0.2, 0.25) is 5.76 Å². The molecule has 0 fully saturated rings. The Bertz CT molecular complexity index is 1640. The molecule has 2 heterocycles. The second-order valence-corrected chi connectivity index (χ2v) is 9.49. The Labute approximate surface area is 215 Å². The number of para-hydroxylation sites is 1. The van der Waals surface area contributed by atoms with Crippen LogP contribution in [0.25, 0.3) is 11.0 Å². The Morgan fingerprint density at radius 1 is 0.833 bits per heavy atom. The number of benzene rings is 4. The van der Waals surface area contributed by atoms with Crippen LogP contribution in [0.5, 0.6) is 5.75 Å². The summed E-state index contributed by atoms with van der Waals surface area (Å²) in [5.74, 6) is 0.371. The quantitative estimate of drug-likeness (QED) is 0.245. The molecule has 0 saturated heterocycles. The highest BCUT2D eigenvalue weighted by molar-refractivity contribution is 9.10. The molecule has 6 heteroatoms. The van der Waals surface area contributed by atoms with E-state index >= 15 is 0 Å². The second kappa shape index (κ2) is 9.13. The van der Waals surface area contributed by atoms with Crippen LogP contribution in [-0.4, -0.2) is 5.91 Å². The van der Waals surface area contributed by atoms with Crippen molar-refractivity contribution in [2.45, 2.75) is 12.6 Å². The summed E-state index contributed by atoms with van der Waals surface area (Å²) in [6, 6.07) is 31.2. The van der Waals surface area contributed by atoms with E-state index in [-0.39, 0.29) is 17.1 Å². The molecule has 4 aromatic carbocycles. The lowest BCUT2D eigenvalue weighted by atomic mass is 9.98. The molecule has 0 saturated carbocycles. The summed E-state index contributed by atoms with van der Waals surface area (Å²) >= 11 is 3.46. The molecule has 0 radical (unpaired) electrons. The summed E-state index contributed by atoms with van der Waals surface area (Å²) in [4.78, 5) is 29.0. The van der Waals surface area contributed by atoms with Crippen molar-refractivity contribution in [3.63, 3.8) is 0 Å². The molecule has 1 aromatic heterocycles. The van der Waals surface area contributed by atoms with Crippen molar-refractivity contribution < 1.29 is 13.9 Å². The fourth-order valence-corrected chi connectivity index (χ4v) is 4.88. The Balaban J connectivity index is 1.48. The number of carbonyl (C=O) groups excluding carboxylic acids is 1. The van der Waals surface area contributed by atoms with E-state index in [0.29, 0.717) is 34.6 Å². The molecule has 1 atom stereocenters. The number of fused-ring (bicyclic) bond motifs is 2. The van der Waals surface area contributed by atoms with Crippen LogP contribution >= 0.6 is 15.9 Å². The van der Waals surface area contributed by atoms with Crippen LogP contribution in [-0.2, 0) is 6.61 Å². The van der Waals surface area contributed by atoms with Crippen LogP contribution in [0.15, 0.2) is 117 Å². The molecule has 176 valence electrons. The smallest absolute Gasteiger partial charge is 0.295 e. The van der Waals surface area contributed by atoms with Gasteiger partial charge in [-0.25, -0.2) is 0 Å². The maximum atomic E-state index is 13.7. The minimum atomic E-state index is -0.658. The Kier molecular flexibility index (Phi) is 5.66. The SMILES string of the molecule is O=C1c2oc3ccccc3c(=O)c2C(c2cccc(OCc3ccccc3)c2)N1c1ccc(Br)cc1. The largest absolute Gasteiger partial charge is 0.489 e. The van der Waals surface area contributed by atoms with Gasteiger partial charge in [0, 0.05) is 10.2 Å². The van der Waals surface area contributed by atoms with Gasteiger partial charge in [-0.3, -0.25) is 14.5 Å². The van der Waals surface area contributed by atoms with Crippen molar-refractivity contribution in [3.8, 4) is 5.75 Å². The van der Waals surface area contributed by atoms with Crippen molar-refractivity contribution in [3.05, 3.63) is 140 Å². The van der Waals surface area contributed by atoms with E-state index in [9.17, 15) is 9.59 Å². The first-order valence-corrected chi connectivity index (χ1v) is 12.3. The van der Waals surface area contributed by atoms with Crippen molar-refractivity contribution in [2.24, 2.45) is 0 Å². The van der Waals surface area contributed by atoms with Crippen molar-refractivity contribution >= 4 is 38.5 Å². The number of halogens is 1. The fourth-order valence-electron chi connectivity index (χ4n) is 4.62. The summed E-state index contributed by atoms with van der Waals surface area (Å²) in [6.07, 6.45) is 0. The maximum absolute atomic E-state index is 13.7. The maximum Gasteiger partial charge on any atom is 0.295 e. The molecule has 0 N–H and O–H groups in total. The van der Waals surface area contributed by atoms with Gasteiger partial charge in [0.05, 0.1) is 17.0 Å². The number of rotatable bonds is 5. The Morgan fingerprint density at radius 3 is 2.39 bits per heavy atom. The van der Waals surface area contributed by atoms with Gasteiger partial charge in [0.15, 0.2) is 5.43 Å². The third-order valence-electron chi connectivity index (χ3n) is 6.30. The zero-order valence-corrected chi connectivity index (χ0v) is 20.6. The zero-order chi connectivity index (χ0) is 24.6. The monoisotopic (exact) mass is 537 g/mol. The van der Waals surface area contributed by atoms with Crippen LogP contribution in [0.3, 0.4) is 0 Å². The highest BCUT2D eigenvalue weighted by Gasteiger charge is 2.43. The number of ether oxygens (including phenoxy) is 1. The van der Waals surface area contributed by atoms with Gasteiger partial charge in [0.25, 0.3) is 5.91 Å². The van der Waals surface area contributed by atoms with E-state index in [2.05, 4.69) is 15.9 Å². The molecular weight excluding hydrogens is 518 g/mol. The van der Waals surface area contributed by atoms with Crippen molar-refractivity contribution in [1.82, 2.24) is 0 Å². The Morgan fingerprint density at radius 2 is 1.58 bits per heavy atom. The van der Waals surface area contributed by atoms with Gasteiger partial charge in [-0.05, 0) is 59.7 Å². The van der Waals surface area contributed by atoms with E-state index in [0.717, 1.165) is 15.6 Å². The normalized spacial score (nSPS) is 14.8. The number of amides is 1. The second-order valence-electron chi connectivity index (χ2n) is 8.57. The highest BCUT2D eigenvalue weighted by Crippen LogP contribution is 2.42. The summed E-state index contributed by atoms with van der Waals surface area (Å²) < 4.78 is 13.0. The minimum absolute atomic E-state index is 0.0715. The van der Waals surface area contributed by atoms with E-state index in [1.807, 2.05) is 78.9 Å². The molecule has 1 aliphatic rings. The molecule has 1 aliphatic heterocycles. The van der Waals surface area contributed by atoms with Crippen molar-refractivity contribution in [2.75, 3.05) is 4.90 Å². The molecule has 0 aliphatic carbocycles. The number of hydrogen-bond acceptors (Lipinski definition) is 4. The van der Waals surface area contributed by atoms with Gasteiger partial charge in [-0.15, -0.1) is 0 Å². The van der Waals surface area contributed by atoms with Gasteiger partial charge in [-0.1, -0.05) is 70.5 Å². The van der Waals surface area contributed by atoms with Crippen LogP contribution in [0.2, 0.25) is 0 Å². The summed E-state index contributed by atoms with van der Waals surface area (Å²) in [5, 5.41) is 0.447. The van der Waals surface area contributed by atoms with Crippen LogP contribution < -0.4 is 15.1 Å². The predicted octanol–water partition coefficient (Wildman–Crippen LogP) is 6.88. The molecule has 5 nitrogen and oxygen atoms in total. The lowest BCUT2D eigenvalue weighted by Crippen LogP contribution is -2.29. The van der Waals surface area contributed by atoms with Crippen LogP contribution in [0, 0.1) is 0 Å². The van der Waals surface area contributed by atoms with Crippen LogP contribution in [0.1, 0.15) is 33.3 Å². The topological polar surface area (TPSA) is 59.8 Å². The predicted molar refractivity (Wildman–Crippen MR) is 142 cm³/mol. The number of anilines is 1. The summed E-state index contributed by atoms with van der Waals surface area (Å²) in [6.45, 7) is 0.410. The first-order valence-electron chi connectivity index (χ1n) is 11.5. The van der Waals surface area contributed by atoms with E-state index in [4.69, 9.17) is 9.15 Å². The summed E-state index contributed by atoms with van der Waals surface area (Å²) in [7, 11) is 0. The lowest BCUT2D eigenvalue weighted by molar-refractivity contribution is 0.0971. The average Bonchev–Trinajstić information content (AvgIpc) is 3.21. The number of carbonyl (C=O) groups is 1. The lowest BCUT2D eigenvalue weighted by Gasteiger charge is -2.25. The fraction of sp³-hybridized carbons (Fsp3) is 0.0667. The van der Waals surface area contributed by atoms with Crippen LogP contribution in [0.4, 0.5) is 5.69 Å².